The van der Waals surface area contributed by atoms with Crippen molar-refractivity contribution in [2.45, 2.75) is 32.0 Å². The Balaban J connectivity index is 1.34. The van der Waals surface area contributed by atoms with Crippen LogP contribution in [0.5, 0.6) is 0 Å². The molecule has 10 nitrogen and oxygen atoms in total. The van der Waals surface area contributed by atoms with Gasteiger partial charge in [0, 0.05) is 57.6 Å². The molecule has 2 aromatic heterocycles. The van der Waals surface area contributed by atoms with E-state index >= 15 is 0 Å². The quantitative estimate of drug-likeness (QED) is 0.680. The predicted octanol–water partition coefficient (Wildman–Crippen LogP) is 1.22. The lowest BCUT2D eigenvalue weighted by atomic mass is 10.1. The number of amides is 1. The molecule has 0 aliphatic carbocycles. The van der Waals surface area contributed by atoms with E-state index in [-0.39, 0.29) is 30.8 Å². The van der Waals surface area contributed by atoms with Crippen molar-refractivity contribution in [2.75, 3.05) is 55.7 Å². The third kappa shape index (κ3) is 5.46. The van der Waals surface area contributed by atoms with Crippen molar-refractivity contribution in [3.05, 3.63) is 39.9 Å². The number of alkyl halides is 3. The fourth-order valence-electron chi connectivity index (χ4n) is 4.10. The first kappa shape index (κ1) is 23.9. The van der Waals surface area contributed by atoms with Crippen LogP contribution in [0.3, 0.4) is 0 Å². The van der Waals surface area contributed by atoms with Crippen molar-refractivity contribution in [3.8, 4) is 0 Å². The second-order valence-electron chi connectivity index (χ2n) is 8.36. The molecule has 0 spiro atoms. The number of nitrogens with zero attached hydrogens (tertiary/aromatic N) is 6. The minimum Gasteiger partial charge on any atom is -0.377 e. The topological polar surface area (TPSA) is 108 Å². The molecule has 0 radical (unpaired) electrons. The van der Waals surface area contributed by atoms with E-state index in [1.54, 1.807) is 22.2 Å². The zero-order valence-electron chi connectivity index (χ0n) is 18.7. The number of rotatable bonds is 5. The molecule has 1 amide bonds. The monoisotopic (exact) mass is 481 g/mol. The number of hydrogen-bond donors (Lipinski definition) is 1. The number of hydrogen-bond acceptors (Lipinski definition) is 8. The second kappa shape index (κ2) is 9.95. The summed E-state index contributed by atoms with van der Waals surface area (Å²) in [5, 5.41) is 5.74. The lowest BCUT2D eigenvalue weighted by Crippen LogP contribution is -2.50. The Morgan fingerprint density at radius 3 is 2.56 bits per heavy atom. The van der Waals surface area contributed by atoms with Gasteiger partial charge in [0.15, 0.2) is 0 Å². The summed E-state index contributed by atoms with van der Waals surface area (Å²) >= 11 is 0. The summed E-state index contributed by atoms with van der Waals surface area (Å²) in [6.45, 7) is 5.12. The Labute approximate surface area is 193 Å². The highest BCUT2D eigenvalue weighted by molar-refractivity contribution is 5.76. The number of anilines is 2. The number of morpholine rings is 1. The molecule has 0 unspecified atom stereocenters. The Bertz CT molecular complexity index is 1050. The van der Waals surface area contributed by atoms with Gasteiger partial charge < -0.3 is 19.4 Å². The normalized spacial score (nSPS) is 19.4. The standard InChI is InChI=1S/C21H26F3N7O3/c1-14-11-25-20(26-12-14)30-6-4-29(5-7-30)18(32)3-2-15-13-34-9-8-31(15)17-10-16(21(22,23)24)19(33)28-27-17/h10-12,15H,2-9,13H2,1H3,(H,28,33)/t15-/m1/s1. The third-order valence-electron chi connectivity index (χ3n) is 5.99. The third-order valence-corrected chi connectivity index (χ3v) is 5.99. The fourth-order valence-corrected chi connectivity index (χ4v) is 4.10. The minimum atomic E-state index is -4.78. The van der Waals surface area contributed by atoms with Gasteiger partial charge in [-0.3, -0.25) is 9.59 Å². The zero-order chi connectivity index (χ0) is 24.3. The van der Waals surface area contributed by atoms with Crippen LogP contribution in [-0.2, 0) is 15.7 Å². The molecule has 2 aliphatic heterocycles. The van der Waals surface area contributed by atoms with Crippen molar-refractivity contribution in [1.29, 1.82) is 0 Å². The number of aryl methyl sites for hydroxylation is 1. The SMILES string of the molecule is Cc1cnc(N2CCN(C(=O)CC[C@@H]3COCCN3c3cc(C(F)(F)F)c(=O)[nH]n3)CC2)nc1. The minimum absolute atomic E-state index is 0.0133. The van der Waals surface area contributed by atoms with E-state index in [1.165, 1.54) is 0 Å². The number of nitrogens with one attached hydrogen (secondary N) is 1. The molecule has 1 atom stereocenters. The van der Waals surface area contributed by atoms with E-state index in [4.69, 9.17) is 4.74 Å². The van der Waals surface area contributed by atoms with Crippen molar-refractivity contribution in [1.82, 2.24) is 25.1 Å². The lowest BCUT2D eigenvalue weighted by molar-refractivity contribution is -0.138. The van der Waals surface area contributed by atoms with Gasteiger partial charge in [0.2, 0.25) is 11.9 Å². The fraction of sp³-hybridized carbons (Fsp3) is 0.571. The van der Waals surface area contributed by atoms with E-state index in [1.807, 2.05) is 16.9 Å². The molecule has 2 saturated heterocycles. The van der Waals surface area contributed by atoms with Crippen LogP contribution in [0.1, 0.15) is 24.0 Å². The van der Waals surface area contributed by atoms with Gasteiger partial charge in [-0.1, -0.05) is 0 Å². The molecule has 1 N–H and O–H groups in total. The van der Waals surface area contributed by atoms with Gasteiger partial charge >= 0.3 is 6.18 Å². The molecule has 0 aromatic carbocycles. The number of carbonyl (C=O) groups is 1. The summed E-state index contributed by atoms with van der Waals surface area (Å²) in [5.41, 5.74) is -1.61. The molecule has 34 heavy (non-hydrogen) atoms. The first-order valence-corrected chi connectivity index (χ1v) is 11.0. The van der Waals surface area contributed by atoms with E-state index in [2.05, 4.69) is 15.1 Å². The summed E-state index contributed by atoms with van der Waals surface area (Å²) in [6, 6.07) is 0.421. The van der Waals surface area contributed by atoms with Crippen LogP contribution >= 0.6 is 0 Å². The Morgan fingerprint density at radius 2 is 1.88 bits per heavy atom. The average molecular weight is 481 g/mol. The van der Waals surface area contributed by atoms with Crippen molar-refractivity contribution < 1.29 is 22.7 Å². The predicted molar refractivity (Wildman–Crippen MR) is 117 cm³/mol. The number of piperazine rings is 1. The molecule has 13 heteroatoms. The number of aromatic amines is 1. The van der Waals surface area contributed by atoms with Gasteiger partial charge in [-0.15, -0.1) is 0 Å². The Morgan fingerprint density at radius 1 is 1.18 bits per heavy atom. The van der Waals surface area contributed by atoms with Gasteiger partial charge in [0.05, 0.1) is 19.3 Å². The first-order chi connectivity index (χ1) is 16.2. The molecule has 2 fully saturated rings. The number of ether oxygens (including phenoxy) is 1. The summed E-state index contributed by atoms with van der Waals surface area (Å²) < 4.78 is 45.0. The van der Waals surface area contributed by atoms with Crippen molar-refractivity contribution in [3.63, 3.8) is 0 Å². The highest BCUT2D eigenvalue weighted by Crippen LogP contribution is 2.29. The summed E-state index contributed by atoms with van der Waals surface area (Å²) in [6.07, 6.45) is -0.655. The molecule has 184 valence electrons. The highest BCUT2D eigenvalue weighted by atomic mass is 19.4. The van der Waals surface area contributed by atoms with Crippen molar-refractivity contribution >= 4 is 17.7 Å². The molecular formula is C21H26F3N7O3. The Hall–Kier alpha value is -3.22. The van der Waals surface area contributed by atoms with Crippen LogP contribution in [0, 0.1) is 6.92 Å². The smallest absolute Gasteiger partial charge is 0.377 e. The molecule has 0 bridgehead atoms. The number of carbonyl (C=O) groups excluding carboxylic acids is 1. The largest absolute Gasteiger partial charge is 0.421 e. The van der Waals surface area contributed by atoms with Crippen molar-refractivity contribution in [2.24, 2.45) is 0 Å². The number of aromatic nitrogens is 4. The molecular weight excluding hydrogens is 455 g/mol. The molecule has 2 aromatic rings. The van der Waals surface area contributed by atoms with Crippen LogP contribution < -0.4 is 15.4 Å². The maximum absolute atomic E-state index is 13.2. The second-order valence-corrected chi connectivity index (χ2v) is 8.36. The van der Waals surface area contributed by atoms with Gasteiger partial charge in [0.1, 0.15) is 11.4 Å². The van der Waals surface area contributed by atoms with E-state index in [0.717, 1.165) is 11.6 Å². The van der Waals surface area contributed by atoms with Gasteiger partial charge in [-0.2, -0.15) is 18.3 Å². The average Bonchev–Trinajstić information content (AvgIpc) is 2.83. The van der Waals surface area contributed by atoms with Gasteiger partial charge in [-0.05, 0) is 18.9 Å². The van der Waals surface area contributed by atoms with Gasteiger partial charge in [0.25, 0.3) is 5.56 Å². The summed E-state index contributed by atoms with van der Waals surface area (Å²) in [5.74, 6) is 0.624. The Kier molecular flexibility index (Phi) is 7.00. The van der Waals surface area contributed by atoms with Crippen LogP contribution in [0.25, 0.3) is 0 Å². The number of halogens is 3. The van der Waals surface area contributed by atoms with Crippen LogP contribution in [0.2, 0.25) is 0 Å². The highest BCUT2D eigenvalue weighted by Gasteiger charge is 2.36. The molecule has 4 rings (SSSR count). The van der Waals surface area contributed by atoms with Crippen LogP contribution in [0.4, 0.5) is 24.9 Å². The molecule has 4 heterocycles. The summed E-state index contributed by atoms with van der Waals surface area (Å²) in [7, 11) is 0. The van der Waals surface area contributed by atoms with Gasteiger partial charge in [-0.25, -0.2) is 15.1 Å². The van der Waals surface area contributed by atoms with E-state index in [0.29, 0.717) is 51.7 Å². The number of H-pyrrole nitrogens is 1. The zero-order valence-corrected chi connectivity index (χ0v) is 18.7. The van der Waals surface area contributed by atoms with E-state index in [9.17, 15) is 22.8 Å². The van der Waals surface area contributed by atoms with Crippen LogP contribution in [0.15, 0.2) is 23.3 Å². The molecule has 2 aliphatic rings. The molecule has 0 saturated carbocycles. The summed E-state index contributed by atoms with van der Waals surface area (Å²) in [4.78, 5) is 38.5. The first-order valence-electron chi connectivity index (χ1n) is 11.0. The van der Waals surface area contributed by atoms with Crippen LogP contribution in [-0.4, -0.2) is 83.0 Å². The lowest BCUT2D eigenvalue weighted by Gasteiger charge is -2.37. The maximum atomic E-state index is 13.2. The maximum Gasteiger partial charge on any atom is 0.421 e. The van der Waals surface area contributed by atoms with E-state index < -0.39 is 17.3 Å².